The van der Waals surface area contributed by atoms with Crippen LogP contribution in [-0.2, 0) is 19.1 Å². The number of aromatic nitrogens is 5. The number of hydrogen-bond acceptors (Lipinski definition) is 9. The van der Waals surface area contributed by atoms with Gasteiger partial charge < -0.3 is 34.9 Å². The number of nitrogens with zero attached hydrogens (tertiary/aromatic N) is 5. The van der Waals surface area contributed by atoms with Crippen LogP contribution in [0.3, 0.4) is 0 Å². The minimum Gasteiger partial charge on any atom is -0.453 e. The molecule has 4 heterocycles. The van der Waals surface area contributed by atoms with Gasteiger partial charge in [-0.05, 0) is 72.5 Å². The highest BCUT2D eigenvalue weighted by atomic mass is 16.5. The first-order chi connectivity index (χ1) is 27.4. The van der Waals surface area contributed by atoms with Gasteiger partial charge in [0.05, 0.1) is 38.2 Å². The third kappa shape index (κ3) is 8.52. The number of ether oxygens (including phenoxy) is 2. The molecule has 4 aromatic rings. The molecular formula is C42H53N9O6. The molecule has 1 saturated carbocycles. The fraction of sp³-hybridized carbons (Fsp3) is 0.500. The summed E-state index contributed by atoms with van der Waals surface area (Å²) in [5.74, 6) is 2.43. The Bertz CT molecular complexity index is 2060. The number of likely N-dealkylation sites (tertiary alicyclic amines) is 2. The first kappa shape index (κ1) is 39.5. The van der Waals surface area contributed by atoms with Crippen LogP contribution in [0.4, 0.5) is 9.59 Å². The van der Waals surface area contributed by atoms with Gasteiger partial charge in [-0.2, -0.15) is 5.10 Å². The summed E-state index contributed by atoms with van der Waals surface area (Å²) in [6.07, 6.45) is 5.35. The second-order valence-electron chi connectivity index (χ2n) is 16.1. The van der Waals surface area contributed by atoms with Gasteiger partial charge in [0.2, 0.25) is 11.8 Å². The Hall–Kier alpha value is -5.73. The predicted octanol–water partition coefficient (Wildman–Crippen LogP) is 6.25. The molecule has 15 heteroatoms. The molecule has 4 N–H and O–H groups in total. The molecule has 2 saturated heterocycles. The monoisotopic (exact) mass is 779 g/mol. The Balaban J connectivity index is 1.02. The van der Waals surface area contributed by atoms with E-state index in [1.807, 2.05) is 63.1 Å². The van der Waals surface area contributed by atoms with E-state index in [1.54, 1.807) is 4.90 Å². The topological polar surface area (TPSA) is 188 Å². The number of hydrogen-bond donors (Lipinski definition) is 4. The Morgan fingerprint density at radius 3 is 1.84 bits per heavy atom. The van der Waals surface area contributed by atoms with E-state index < -0.39 is 24.3 Å². The molecule has 7 rings (SSSR count). The van der Waals surface area contributed by atoms with Crippen molar-refractivity contribution in [3.8, 4) is 33.8 Å². The molecule has 2 aromatic heterocycles. The van der Waals surface area contributed by atoms with Crippen molar-refractivity contribution >= 4 is 24.0 Å². The average molecular weight is 780 g/mol. The highest BCUT2D eigenvalue weighted by Gasteiger charge is 2.46. The van der Waals surface area contributed by atoms with Gasteiger partial charge in [0, 0.05) is 18.7 Å². The molecule has 0 radical (unpaired) electrons. The van der Waals surface area contributed by atoms with Crippen molar-refractivity contribution in [1.29, 1.82) is 0 Å². The number of benzene rings is 2. The van der Waals surface area contributed by atoms with Gasteiger partial charge in [0.25, 0.3) is 0 Å². The number of methoxy groups -OCH3 is 2. The van der Waals surface area contributed by atoms with Gasteiger partial charge in [-0.1, -0.05) is 76.2 Å². The van der Waals surface area contributed by atoms with Crippen molar-refractivity contribution in [3.05, 3.63) is 66.4 Å². The summed E-state index contributed by atoms with van der Waals surface area (Å²) in [4.78, 5) is 68.2. The van der Waals surface area contributed by atoms with E-state index in [1.165, 1.54) is 27.1 Å². The lowest BCUT2D eigenvalue weighted by Gasteiger charge is -2.30. The van der Waals surface area contributed by atoms with Crippen molar-refractivity contribution in [2.45, 2.75) is 84.0 Å². The van der Waals surface area contributed by atoms with Crippen LogP contribution in [0.25, 0.3) is 33.8 Å². The van der Waals surface area contributed by atoms with Crippen LogP contribution in [0.15, 0.2) is 54.7 Å². The molecule has 0 bridgehead atoms. The van der Waals surface area contributed by atoms with E-state index >= 15 is 0 Å². The molecule has 1 aliphatic carbocycles. The van der Waals surface area contributed by atoms with Crippen LogP contribution in [0.1, 0.15) is 83.5 Å². The molecular weight excluding hydrogens is 727 g/mol. The standard InChI is InChI=1S/C42H53N9O6/c1-23(2)34(45-41(54)56-5)39(52)50-19-7-8-32(50)38-47-36(48-49-38)29-17-13-26(14-18-29)25-11-15-28(16-12-25)31-21-43-37(44-31)33-20-30(27-9-10-27)22-51(33)40(53)35(24(3)4)46-42(55)57-6/h11-18,21,23-24,27,30,32-35H,7-10,19-20,22H2,1-6H3,(H,43,44)(H,45,54)(H,46,55)(H,47,48,49)/t30-,32-,33-,34-,35-/m0/s1. The number of carbonyl (C=O) groups is 4. The summed E-state index contributed by atoms with van der Waals surface area (Å²) in [6.45, 7) is 8.84. The zero-order chi connectivity index (χ0) is 40.4. The van der Waals surface area contributed by atoms with Crippen LogP contribution >= 0.6 is 0 Å². The molecule has 0 unspecified atom stereocenters. The number of aromatic amines is 2. The number of amides is 4. The summed E-state index contributed by atoms with van der Waals surface area (Å²) >= 11 is 0. The maximum Gasteiger partial charge on any atom is 0.407 e. The van der Waals surface area contributed by atoms with Gasteiger partial charge in [-0.15, -0.1) is 0 Å². The molecule has 302 valence electrons. The fourth-order valence-corrected chi connectivity index (χ4v) is 8.21. The first-order valence-electron chi connectivity index (χ1n) is 19.9. The first-order valence-corrected chi connectivity index (χ1v) is 19.9. The number of nitrogens with one attached hydrogen (secondary N) is 4. The molecule has 4 amide bonds. The molecule has 2 aromatic carbocycles. The van der Waals surface area contributed by atoms with E-state index in [0.29, 0.717) is 36.6 Å². The van der Waals surface area contributed by atoms with Crippen molar-refractivity contribution in [1.82, 2.24) is 45.6 Å². The third-order valence-electron chi connectivity index (χ3n) is 11.6. The van der Waals surface area contributed by atoms with Crippen LogP contribution in [0.5, 0.6) is 0 Å². The van der Waals surface area contributed by atoms with Gasteiger partial charge in [0.1, 0.15) is 23.7 Å². The quantitative estimate of drug-likeness (QED) is 0.129. The van der Waals surface area contributed by atoms with Gasteiger partial charge in [-0.3, -0.25) is 14.7 Å². The zero-order valence-electron chi connectivity index (χ0n) is 33.5. The van der Waals surface area contributed by atoms with E-state index in [-0.39, 0.29) is 35.7 Å². The molecule has 15 nitrogen and oxygen atoms in total. The SMILES string of the molecule is COC(=O)N[C@H](C(=O)N1CCC[C@H]1c1nc(-c2ccc(-c3ccc(-c4cnc([C@@H]5C[C@H](C6CC6)CN5C(=O)[C@@H](NC(=O)OC)C(C)C)[nH]4)cc3)cc2)n[nH]1)C(C)C. The van der Waals surface area contributed by atoms with Gasteiger partial charge in [0.15, 0.2) is 5.82 Å². The largest absolute Gasteiger partial charge is 0.453 e. The Labute approximate surface area is 332 Å². The van der Waals surface area contributed by atoms with E-state index in [0.717, 1.165) is 53.0 Å². The van der Waals surface area contributed by atoms with Crippen LogP contribution in [0.2, 0.25) is 0 Å². The van der Waals surface area contributed by atoms with Gasteiger partial charge in [-0.25, -0.2) is 19.6 Å². The summed E-state index contributed by atoms with van der Waals surface area (Å²) in [6, 6.07) is 14.4. The molecule has 5 atom stereocenters. The minimum atomic E-state index is -0.708. The second kappa shape index (κ2) is 16.8. The Morgan fingerprint density at radius 2 is 1.28 bits per heavy atom. The summed E-state index contributed by atoms with van der Waals surface area (Å²) in [5, 5.41) is 13.0. The van der Waals surface area contributed by atoms with E-state index in [9.17, 15) is 19.2 Å². The molecule has 2 aliphatic heterocycles. The summed E-state index contributed by atoms with van der Waals surface area (Å²) in [5.41, 5.74) is 4.76. The molecule has 3 aliphatic rings. The lowest BCUT2D eigenvalue weighted by atomic mass is 10.00. The smallest absolute Gasteiger partial charge is 0.407 e. The number of carbonyl (C=O) groups excluding carboxylic acids is 4. The Kier molecular flexibility index (Phi) is 11.6. The van der Waals surface area contributed by atoms with E-state index in [2.05, 4.69) is 50.1 Å². The molecule has 0 spiro atoms. The molecule has 3 fully saturated rings. The number of H-pyrrole nitrogens is 2. The predicted molar refractivity (Wildman–Crippen MR) is 212 cm³/mol. The maximum absolute atomic E-state index is 13.9. The number of rotatable bonds is 12. The van der Waals surface area contributed by atoms with Crippen LogP contribution < -0.4 is 10.6 Å². The minimum absolute atomic E-state index is 0.108. The van der Waals surface area contributed by atoms with Crippen LogP contribution in [0, 0.1) is 23.7 Å². The normalized spacial score (nSPS) is 20.5. The number of imidazole rings is 1. The van der Waals surface area contributed by atoms with Crippen LogP contribution in [-0.4, -0.2) is 98.3 Å². The van der Waals surface area contributed by atoms with Crippen molar-refractivity contribution < 1.29 is 28.7 Å². The summed E-state index contributed by atoms with van der Waals surface area (Å²) in [7, 11) is 2.59. The lowest BCUT2D eigenvalue weighted by molar-refractivity contribution is -0.136. The lowest BCUT2D eigenvalue weighted by Crippen LogP contribution is -2.51. The third-order valence-corrected chi connectivity index (χ3v) is 11.6. The highest BCUT2D eigenvalue weighted by Crippen LogP contribution is 2.47. The maximum atomic E-state index is 13.9. The summed E-state index contributed by atoms with van der Waals surface area (Å²) < 4.78 is 9.57. The second-order valence-corrected chi connectivity index (χ2v) is 16.1. The average Bonchev–Trinajstić information content (AvgIpc) is 3.65. The van der Waals surface area contributed by atoms with Crippen molar-refractivity contribution in [2.24, 2.45) is 23.7 Å². The fourth-order valence-electron chi connectivity index (χ4n) is 8.21. The zero-order valence-corrected chi connectivity index (χ0v) is 33.5. The van der Waals surface area contributed by atoms with Crippen molar-refractivity contribution in [3.63, 3.8) is 0 Å². The van der Waals surface area contributed by atoms with Gasteiger partial charge >= 0.3 is 12.2 Å². The van der Waals surface area contributed by atoms with Crippen molar-refractivity contribution in [2.75, 3.05) is 27.3 Å². The van der Waals surface area contributed by atoms with E-state index in [4.69, 9.17) is 19.4 Å². The number of alkyl carbamates (subject to hydrolysis) is 2. The molecule has 57 heavy (non-hydrogen) atoms. The Morgan fingerprint density at radius 1 is 0.719 bits per heavy atom. The highest BCUT2D eigenvalue weighted by molar-refractivity contribution is 5.87.